The number of rotatable bonds is 6. The minimum Gasteiger partial charge on any atom is -0.481 e. The number of carbonyl (C=O) groups is 2. The number of amides is 1. The second-order valence-corrected chi connectivity index (χ2v) is 6.81. The molecule has 1 fully saturated rings. The molecule has 25 heavy (non-hydrogen) atoms. The van der Waals surface area contributed by atoms with Gasteiger partial charge in [-0.15, -0.1) is 0 Å². The summed E-state index contributed by atoms with van der Waals surface area (Å²) in [6, 6.07) is 0. The second kappa shape index (κ2) is 6.79. The number of carboxylic acids is 1. The molecule has 2 rings (SSSR count). The maximum atomic E-state index is 13.0. The Labute approximate surface area is 144 Å². The Morgan fingerprint density at radius 1 is 1.52 bits per heavy atom. The van der Waals surface area contributed by atoms with Crippen molar-refractivity contribution in [3.63, 3.8) is 0 Å². The first-order chi connectivity index (χ1) is 11.6. The number of hydrogen-bond donors (Lipinski definition) is 1. The third-order valence-corrected chi connectivity index (χ3v) is 4.61. The zero-order valence-electron chi connectivity index (χ0n) is 14.5. The van der Waals surface area contributed by atoms with Gasteiger partial charge in [0.1, 0.15) is 23.3 Å². The summed E-state index contributed by atoms with van der Waals surface area (Å²) in [4.78, 5) is 36.4. The minimum absolute atomic E-state index is 0.0137. The van der Waals surface area contributed by atoms with E-state index in [1.807, 2.05) is 0 Å². The van der Waals surface area contributed by atoms with Crippen LogP contribution in [0.5, 0.6) is 0 Å². The van der Waals surface area contributed by atoms with E-state index in [0.29, 0.717) is 19.4 Å². The van der Waals surface area contributed by atoms with Crippen LogP contribution in [-0.4, -0.2) is 63.4 Å². The summed E-state index contributed by atoms with van der Waals surface area (Å²) in [5.41, 5.74) is -2.53. The highest BCUT2D eigenvalue weighted by Crippen LogP contribution is 2.33. The number of carboxylic acid groups (broad SMARTS) is 1. The van der Waals surface area contributed by atoms with E-state index in [1.54, 1.807) is 13.8 Å². The van der Waals surface area contributed by atoms with Crippen LogP contribution in [0.15, 0.2) is 12.4 Å². The van der Waals surface area contributed by atoms with Crippen molar-refractivity contribution in [2.24, 2.45) is 5.41 Å². The molecule has 0 aromatic carbocycles. The number of aromatic nitrogens is 2. The van der Waals surface area contributed by atoms with Crippen LogP contribution in [0.2, 0.25) is 0 Å². The molecule has 1 aliphatic heterocycles. The number of hydrogen-bond acceptors (Lipinski definition) is 6. The normalized spacial score (nSPS) is 21.2. The lowest BCUT2D eigenvalue weighted by atomic mass is 9.80. The van der Waals surface area contributed by atoms with E-state index in [9.17, 15) is 24.8 Å². The van der Waals surface area contributed by atoms with Crippen molar-refractivity contribution in [3.8, 4) is 0 Å². The fraction of sp³-hybridized carbons (Fsp3) is 0.667. The van der Waals surface area contributed by atoms with E-state index < -0.39 is 21.8 Å². The van der Waals surface area contributed by atoms with Gasteiger partial charge < -0.3 is 14.7 Å². The molecule has 1 amide bonds. The molecule has 0 spiro atoms. The largest absolute Gasteiger partial charge is 0.481 e. The van der Waals surface area contributed by atoms with E-state index in [0.717, 1.165) is 6.20 Å². The molecule has 10 nitrogen and oxygen atoms in total. The number of nitro groups is 1. The lowest BCUT2D eigenvalue weighted by Gasteiger charge is -2.42. The highest BCUT2D eigenvalue weighted by molar-refractivity contribution is 5.85. The van der Waals surface area contributed by atoms with Crippen LogP contribution in [0.4, 0.5) is 5.69 Å². The van der Waals surface area contributed by atoms with Crippen molar-refractivity contribution < 1.29 is 24.4 Å². The molecule has 0 aliphatic carbocycles. The van der Waals surface area contributed by atoms with E-state index in [1.165, 1.54) is 22.9 Å². The third kappa shape index (κ3) is 3.48. The molecule has 1 unspecified atom stereocenters. The van der Waals surface area contributed by atoms with Crippen LogP contribution in [0.1, 0.15) is 26.7 Å². The van der Waals surface area contributed by atoms with Crippen LogP contribution in [-0.2, 0) is 19.9 Å². The van der Waals surface area contributed by atoms with Gasteiger partial charge in [0.15, 0.2) is 0 Å². The van der Waals surface area contributed by atoms with Crippen molar-refractivity contribution in [1.82, 2.24) is 14.7 Å². The number of aliphatic carboxylic acids is 1. The molecule has 0 bridgehead atoms. The Kier molecular flexibility index (Phi) is 5.12. The topological polar surface area (TPSA) is 128 Å². The van der Waals surface area contributed by atoms with Crippen LogP contribution in [0.25, 0.3) is 0 Å². The first-order valence-electron chi connectivity index (χ1n) is 7.85. The molecule has 0 radical (unpaired) electrons. The second-order valence-electron chi connectivity index (χ2n) is 6.81. The molecule has 2 heterocycles. The molecule has 138 valence electrons. The number of ether oxygens (including phenoxy) is 1. The molecule has 1 aromatic heterocycles. The lowest BCUT2D eigenvalue weighted by molar-refractivity contribution is -0.385. The first kappa shape index (κ1) is 18.8. The summed E-state index contributed by atoms with van der Waals surface area (Å²) < 4.78 is 6.30. The molecule has 1 aliphatic rings. The Balaban J connectivity index is 2.25. The Hall–Kier alpha value is -2.49. The Bertz CT molecular complexity index is 681. The van der Waals surface area contributed by atoms with Crippen LogP contribution in [0, 0.1) is 15.5 Å². The van der Waals surface area contributed by atoms with Crippen molar-refractivity contribution in [1.29, 1.82) is 0 Å². The maximum Gasteiger partial charge on any atom is 0.313 e. The summed E-state index contributed by atoms with van der Waals surface area (Å²) in [5.74, 6) is -1.34. The first-order valence-corrected chi connectivity index (χ1v) is 7.85. The fourth-order valence-electron chi connectivity index (χ4n) is 3.13. The molecule has 0 saturated carbocycles. The number of carbonyl (C=O) groups excluding carboxylic acids is 1. The smallest absolute Gasteiger partial charge is 0.313 e. The summed E-state index contributed by atoms with van der Waals surface area (Å²) in [7, 11) is 1.43. The van der Waals surface area contributed by atoms with Gasteiger partial charge in [-0.05, 0) is 26.7 Å². The molecule has 10 heteroatoms. The van der Waals surface area contributed by atoms with Gasteiger partial charge >= 0.3 is 11.7 Å². The molecular weight excluding hydrogens is 332 g/mol. The summed E-state index contributed by atoms with van der Waals surface area (Å²) in [6.07, 6.45) is 3.24. The van der Waals surface area contributed by atoms with Crippen molar-refractivity contribution in [2.75, 3.05) is 26.8 Å². The minimum atomic E-state index is -1.18. The number of methoxy groups -OCH3 is 1. The quantitative estimate of drug-likeness (QED) is 0.593. The molecular formula is C15H22N4O6. The zero-order chi connectivity index (χ0) is 18.8. The summed E-state index contributed by atoms with van der Waals surface area (Å²) in [5, 5.41) is 24.3. The molecule has 1 N–H and O–H groups in total. The van der Waals surface area contributed by atoms with Crippen molar-refractivity contribution in [3.05, 3.63) is 22.5 Å². The number of likely N-dealkylation sites (tertiary alicyclic amines) is 1. The van der Waals surface area contributed by atoms with Crippen LogP contribution < -0.4 is 0 Å². The SMILES string of the molecule is COCC1(C(=O)O)CCCN(C(=O)C(C)(C)n2cc([N+](=O)[O-])cn2)C1. The van der Waals surface area contributed by atoms with Gasteiger partial charge in [0, 0.05) is 20.2 Å². The van der Waals surface area contributed by atoms with E-state index in [4.69, 9.17) is 4.74 Å². The summed E-state index contributed by atoms with van der Waals surface area (Å²) in [6.45, 7) is 3.66. The van der Waals surface area contributed by atoms with Gasteiger partial charge in [0.25, 0.3) is 0 Å². The highest BCUT2D eigenvalue weighted by atomic mass is 16.6. The average molecular weight is 354 g/mol. The monoisotopic (exact) mass is 354 g/mol. The van der Waals surface area contributed by atoms with Crippen molar-refractivity contribution >= 4 is 17.6 Å². The predicted molar refractivity (Wildman–Crippen MR) is 86.0 cm³/mol. The van der Waals surface area contributed by atoms with Gasteiger partial charge in [-0.1, -0.05) is 0 Å². The van der Waals surface area contributed by atoms with Gasteiger partial charge in [-0.2, -0.15) is 5.10 Å². The Morgan fingerprint density at radius 2 is 2.20 bits per heavy atom. The molecule has 1 saturated heterocycles. The summed E-state index contributed by atoms with van der Waals surface area (Å²) >= 11 is 0. The molecule has 1 atom stereocenters. The van der Waals surface area contributed by atoms with Crippen molar-refractivity contribution in [2.45, 2.75) is 32.2 Å². The zero-order valence-corrected chi connectivity index (χ0v) is 14.5. The fourth-order valence-corrected chi connectivity index (χ4v) is 3.13. The van der Waals surface area contributed by atoms with E-state index in [2.05, 4.69) is 5.10 Å². The van der Waals surface area contributed by atoms with Crippen LogP contribution in [0.3, 0.4) is 0 Å². The highest BCUT2D eigenvalue weighted by Gasteiger charge is 2.46. The third-order valence-electron chi connectivity index (χ3n) is 4.61. The van der Waals surface area contributed by atoms with Gasteiger partial charge in [-0.3, -0.25) is 24.4 Å². The number of nitrogens with zero attached hydrogens (tertiary/aromatic N) is 4. The molecule has 1 aromatic rings. The Morgan fingerprint density at radius 3 is 2.72 bits per heavy atom. The predicted octanol–water partition coefficient (Wildman–Crippen LogP) is 0.866. The van der Waals surface area contributed by atoms with Crippen LogP contribution >= 0.6 is 0 Å². The lowest BCUT2D eigenvalue weighted by Crippen LogP contribution is -2.56. The maximum absolute atomic E-state index is 13.0. The van der Waals surface area contributed by atoms with Gasteiger partial charge in [0.2, 0.25) is 5.91 Å². The van der Waals surface area contributed by atoms with Gasteiger partial charge in [0.05, 0.1) is 11.5 Å². The van der Waals surface area contributed by atoms with E-state index >= 15 is 0 Å². The van der Waals surface area contributed by atoms with E-state index in [-0.39, 0.29) is 24.7 Å². The average Bonchev–Trinajstić information content (AvgIpc) is 3.05. The number of piperidine rings is 1. The van der Waals surface area contributed by atoms with Gasteiger partial charge in [-0.25, -0.2) is 0 Å². The standard InChI is InChI=1S/C15H22N4O6/c1-14(2,18-8-11(7-16-18)19(23)24)12(20)17-6-4-5-15(9-17,10-25-3)13(21)22/h7-8H,4-6,9-10H2,1-3H3,(H,21,22).